The first kappa shape index (κ1) is 27.2. The van der Waals surface area contributed by atoms with Gasteiger partial charge in [0, 0.05) is 27.2 Å². The maximum absolute atomic E-state index is 12.7. The number of rotatable bonds is 15. The van der Waals surface area contributed by atoms with Crippen molar-refractivity contribution in [2.45, 2.75) is 38.8 Å². The van der Waals surface area contributed by atoms with Gasteiger partial charge in [-0.3, -0.25) is 13.9 Å². The van der Waals surface area contributed by atoms with Crippen LogP contribution >= 0.6 is 0 Å². The van der Waals surface area contributed by atoms with Crippen molar-refractivity contribution in [1.82, 2.24) is 34.6 Å². The van der Waals surface area contributed by atoms with Crippen molar-refractivity contribution in [1.29, 1.82) is 0 Å². The first-order chi connectivity index (χ1) is 17.5. The predicted octanol–water partition coefficient (Wildman–Crippen LogP) is 1.10. The number of fused-ring (bicyclic) bond motifs is 1. The van der Waals surface area contributed by atoms with E-state index in [1.165, 1.54) is 9.13 Å². The zero-order valence-corrected chi connectivity index (χ0v) is 21.2. The van der Waals surface area contributed by atoms with E-state index in [1.54, 1.807) is 25.0 Å². The highest BCUT2D eigenvalue weighted by atomic mass is 16.5. The van der Waals surface area contributed by atoms with Crippen LogP contribution in [0, 0.1) is 0 Å². The Hall–Kier alpha value is -3.44. The lowest BCUT2D eigenvalue weighted by Gasteiger charge is -2.09. The third kappa shape index (κ3) is 7.79. The van der Waals surface area contributed by atoms with Crippen LogP contribution in [0.1, 0.15) is 31.2 Å². The number of benzene rings is 1. The summed E-state index contributed by atoms with van der Waals surface area (Å²) < 4.78 is 9.53. The van der Waals surface area contributed by atoms with Crippen LogP contribution in [0.15, 0.2) is 46.2 Å². The summed E-state index contributed by atoms with van der Waals surface area (Å²) in [7, 11) is 3.39. The highest BCUT2D eigenvalue weighted by molar-refractivity contribution is 5.69. The highest BCUT2D eigenvalue weighted by Crippen LogP contribution is 2.03. The molecule has 2 heterocycles. The van der Waals surface area contributed by atoms with Crippen LogP contribution in [0.4, 0.5) is 4.79 Å². The summed E-state index contributed by atoms with van der Waals surface area (Å²) >= 11 is 0. The van der Waals surface area contributed by atoms with Gasteiger partial charge in [-0.2, -0.15) is 0 Å². The molecule has 0 aliphatic heterocycles. The molecule has 0 atom stereocenters. The van der Waals surface area contributed by atoms with Gasteiger partial charge in [0.1, 0.15) is 6.61 Å². The van der Waals surface area contributed by atoms with Crippen LogP contribution in [-0.2, 0) is 32.0 Å². The molecule has 0 saturated carbocycles. The van der Waals surface area contributed by atoms with E-state index in [9.17, 15) is 14.4 Å². The maximum atomic E-state index is 12.7. The molecule has 3 aromatic rings. The van der Waals surface area contributed by atoms with E-state index in [4.69, 9.17) is 4.74 Å². The van der Waals surface area contributed by atoms with Gasteiger partial charge in [0.05, 0.1) is 6.33 Å². The molecule has 0 radical (unpaired) electrons. The monoisotopic (exact) mass is 499 g/mol. The molecule has 0 spiro atoms. The fraction of sp³-hybridized carbons (Fsp3) is 0.520. The number of ether oxygens (including phenoxy) is 1. The average molecular weight is 500 g/mol. The molecule has 11 nitrogen and oxygen atoms in total. The third-order valence-corrected chi connectivity index (χ3v) is 5.91. The Kier molecular flexibility index (Phi) is 10.7. The number of carbonyl (C=O) groups excluding carboxylic acids is 1. The summed E-state index contributed by atoms with van der Waals surface area (Å²) in [6, 6.07) is 9.59. The molecule has 1 aromatic carbocycles. The number of carbonyl (C=O) groups is 1. The maximum Gasteiger partial charge on any atom is 0.407 e. The topological polar surface area (TPSA) is 124 Å². The van der Waals surface area contributed by atoms with Crippen molar-refractivity contribution in [2.24, 2.45) is 14.1 Å². The van der Waals surface area contributed by atoms with Crippen LogP contribution in [0.3, 0.4) is 0 Å². The van der Waals surface area contributed by atoms with Crippen molar-refractivity contribution < 1.29 is 9.53 Å². The first-order valence-corrected chi connectivity index (χ1v) is 12.5. The van der Waals surface area contributed by atoms with Gasteiger partial charge in [0.2, 0.25) is 0 Å². The number of unbranched alkanes of at least 4 members (excludes halogenated alkanes) is 1. The number of imidazole rings is 1. The molecule has 3 rings (SSSR count). The number of aromatic nitrogens is 4. The molecule has 0 aliphatic rings. The lowest BCUT2D eigenvalue weighted by molar-refractivity contribution is 0.139. The van der Waals surface area contributed by atoms with E-state index >= 15 is 0 Å². The number of alkyl carbamates (subject to hydrolysis) is 1. The van der Waals surface area contributed by atoms with Gasteiger partial charge in [-0.1, -0.05) is 30.3 Å². The standard InChI is InChI=1S/C25H37N7O4/c1-30-19-29-22-21(30)23(33)32(25(35)31(22)2)17-9-15-27-13-7-6-12-26-14-8-16-28-24(34)36-18-20-10-4-3-5-11-20/h3-5,10-11,19,26-27H,6-9,12-18H2,1-2H3,(H,28,34). The number of nitrogens with one attached hydrogen (secondary N) is 3. The minimum Gasteiger partial charge on any atom is -0.445 e. The van der Waals surface area contributed by atoms with Gasteiger partial charge in [0.15, 0.2) is 11.2 Å². The summed E-state index contributed by atoms with van der Waals surface area (Å²) in [5.74, 6) is 0. The second kappa shape index (κ2) is 14.2. The SMILES string of the molecule is Cn1cnc2c1c(=O)n(CCCNCCCCNCCCNC(=O)OCc1ccccc1)c(=O)n2C. The molecule has 0 fully saturated rings. The second-order valence-electron chi connectivity index (χ2n) is 8.73. The van der Waals surface area contributed by atoms with Gasteiger partial charge >= 0.3 is 11.8 Å². The molecule has 36 heavy (non-hydrogen) atoms. The van der Waals surface area contributed by atoms with Crippen molar-refractivity contribution in [2.75, 3.05) is 32.7 Å². The van der Waals surface area contributed by atoms with Crippen LogP contribution in [0.2, 0.25) is 0 Å². The Morgan fingerprint density at radius 1 is 0.917 bits per heavy atom. The molecule has 196 valence electrons. The molecule has 2 aromatic heterocycles. The van der Waals surface area contributed by atoms with Crippen LogP contribution in [0.25, 0.3) is 11.2 Å². The predicted molar refractivity (Wildman–Crippen MR) is 139 cm³/mol. The Bertz CT molecular complexity index is 1220. The minimum absolute atomic E-state index is 0.275. The van der Waals surface area contributed by atoms with Gasteiger partial charge in [-0.05, 0) is 57.4 Å². The Morgan fingerprint density at radius 3 is 2.31 bits per heavy atom. The Labute approximate surface area is 210 Å². The average Bonchev–Trinajstić information content (AvgIpc) is 3.28. The number of aryl methyl sites for hydroxylation is 2. The van der Waals surface area contributed by atoms with E-state index in [1.807, 2.05) is 30.3 Å². The van der Waals surface area contributed by atoms with Gasteiger partial charge < -0.3 is 25.3 Å². The Balaban J connectivity index is 1.17. The summed E-state index contributed by atoms with van der Waals surface area (Å²) in [6.07, 6.45) is 4.75. The van der Waals surface area contributed by atoms with Crippen molar-refractivity contribution in [3.63, 3.8) is 0 Å². The smallest absolute Gasteiger partial charge is 0.407 e. The molecule has 1 amide bonds. The van der Waals surface area contributed by atoms with Crippen LogP contribution in [-0.4, -0.2) is 57.5 Å². The molecule has 3 N–H and O–H groups in total. The third-order valence-electron chi connectivity index (χ3n) is 5.91. The summed E-state index contributed by atoms with van der Waals surface area (Å²) in [4.78, 5) is 41.0. The van der Waals surface area contributed by atoms with Gasteiger partial charge in [0.25, 0.3) is 5.56 Å². The van der Waals surface area contributed by atoms with E-state index in [-0.39, 0.29) is 17.9 Å². The lowest BCUT2D eigenvalue weighted by atomic mass is 10.2. The van der Waals surface area contributed by atoms with E-state index in [0.717, 1.165) is 51.0 Å². The summed E-state index contributed by atoms with van der Waals surface area (Å²) in [5.41, 5.74) is 1.19. The fourth-order valence-electron chi connectivity index (χ4n) is 3.88. The zero-order valence-electron chi connectivity index (χ0n) is 21.2. The van der Waals surface area contributed by atoms with E-state index in [2.05, 4.69) is 20.9 Å². The van der Waals surface area contributed by atoms with Crippen LogP contribution in [0.5, 0.6) is 0 Å². The van der Waals surface area contributed by atoms with Crippen molar-refractivity contribution >= 4 is 17.3 Å². The molecule has 0 aliphatic carbocycles. The fourth-order valence-corrected chi connectivity index (χ4v) is 3.88. The first-order valence-electron chi connectivity index (χ1n) is 12.5. The number of nitrogens with zero attached hydrogens (tertiary/aromatic N) is 4. The molecular weight excluding hydrogens is 462 g/mol. The number of hydrogen-bond acceptors (Lipinski definition) is 7. The normalized spacial score (nSPS) is 11.2. The van der Waals surface area contributed by atoms with Crippen molar-refractivity contribution in [3.05, 3.63) is 63.1 Å². The highest BCUT2D eigenvalue weighted by Gasteiger charge is 2.14. The Morgan fingerprint density at radius 2 is 1.58 bits per heavy atom. The van der Waals surface area contributed by atoms with Gasteiger partial charge in [-0.25, -0.2) is 14.6 Å². The lowest BCUT2D eigenvalue weighted by Crippen LogP contribution is -2.40. The number of hydrogen-bond donors (Lipinski definition) is 3. The molecule has 11 heteroatoms. The second-order valence-corrected chi connectivity index (χ2v) is 8.73. The molecule has 0 unspecified atom stereocenters. The van der Waals surface area contributed by atoms with E-state index in [0.29, 0.717) is 30.7 Å². The number of amides is 1. The minimum atomic E-state index is -0.396. The molecule has 0 bridgehead atoms. The summed E-state index contributed by atoms with van der Waals surface area (Å²) in [5, 5.41) is 9.50. The van der Waals surface area contributed by atoms with Crippen molar-refractivity contribution in [3.8, 4) is 0 Å². The summed E-state index contributed by atoms with van der Waals surface area (Å²) in [6.45, 7) is 4.57. The van der Waals surface area contributed by atoms with Gasteiger partial charge in [-0.15, -0.1) is 0 Å². The largest absolute Gasteiger partial charge is 0.445 e. The van der Waals surface area contributed by atoms with Crippen LogP contribution < -0.4 is 27.2 Å². The molecular formula is C25H37N7O4. The van der Waals surface area contributed by atoms with E-state index < -0.39 is 6.09 Å². The quantitative estimate of drug-likeness (QED) is 0.268. The molecule has 0 saturated heterocycles. The zero-order chi connectivity index (χ0) is 25.8.